The molecule has 0 saturated carbocycles. The van der Waals surface area contributed by atoms with Gasteiger partial charge in [0.15, 0.2) is 5.69 Å². The predicted molar refractivity (Wildman–Crippen MR) is 63.7 cm³/mol. The van der Waals surface area contributed by atoms with Gasteiger partial charge in [-0.1, -0.05) is 0 Å². The summed E-state index contributed by atoms with van der Waals surface area (Å²) in [5, 5.41) is 7.70. The fourth-order valence-corrected chi connectivity index (χ4v) is 1.47. The number of nitrogens with zero attached hydrogens (tertiary/aromatic N) is 4. The molecule has 94 valence electrons. The molecular formula is C11H13N5O2. The minimum atomic E-state index is -0.520. The van der Waals surface area contributed by atoms with Crippen molar-refractivity contribution in [3.05, 3.63) is 36.0 Å². The quantitative estimate of drug-likeness (QED) is 0.789. The van der Waals surface area contributed by atoms with Gasteiger partial charge in [-0.25, -0.2) is 9.78 Å². The lowest BCUT2D eigenvalue weighted by molar-refractivity contribution is 0.0521. The Labute approximate surface area is 104 Å². The second kappa shape index (κ2) is 5.26. The largest absolute Gasteiger partial charge is 0.461 e. The number of carbonyl (C=O) groups excluding carboxylic acids is 1. The zero-order valence-electron chi connectivity index (χ0n) is 9.91. The van der Waals surface area contributed by atoms with E-state index in [0.29, 0.717) is 6.54 Å². The maximum atomic E-state index is 11.5. The molecule has 0 fully saturated rings. The van der Waals surface area contributed by atoms with Gasteiger partial charge >= 0.3 is 5.97 Å². The lowest BCUT2D eigenvalue weighted by Gasteiger charge is -2.04. The molecule has 2 aromatic rings. The fraction of sp³-hybridized carbons (Fsp3) is 0.273. The van der Waals surface area contributed by atoms with E-state index in [-0.39, 0.29) is 18.1 Å². The number of carbonyl (C=O) groups is 1. The van der Waals surface area contributed by atoms with Crippen LogP contribution in [-0.2, 0) is 11.3 Å². The number of anilines is 1. The van der Waals surface area contributed by atoms with Gasteiger partial charge in [0.25, 0.3) is 0 Å². The molecule has 0 aliphatic rings. The second-order valence-electron chi connectivity index (χ2n) is 3.54. The van der Waals surface area contributed by atoms with Crippen molar-refractivity contribution in [2.75, 3.05) is 12.3 Å². The number of esters is 1. The van der Waals surface area contributed by atoms with Crippen LogP contribution in [0, 0.1) is 0 Å². The Morgan fingerprint density at radius 1 is 1.56 bits per heavy atom. The van der Waals surface area contributed by atoms with Crippen LogP contribution in [0.15, 0.2) is 24.7 Å². The minimum absolute atomic E-state index is 0.126. The van der Waals surface area contributed by atoms with Crippen LogP contribution >= 0.6 is 0 Å². The Morgan fingerprint density at radius 2 is 2.39 bits per heavy atom. The first-order valence-corrected chi connectivity index (χ1v) is 5.46. The van der Waals surface area contributed by atoms with Gasteiger partial charge in [-0.2, -0.15) is 10.2 Å². The number of hydrogen-bond donors (Lipinski definition) is 1. The van der Waals surface area contributed by atoms with Crippen LogP contribution in [0.4, 0.5) is 5.82 Å². The van der Waals surface area contributed by atoms with Crippen LogP contribution in [-0.4, -0.2) is 32.3 Å². The van der Waals surface area contributed by atoms with Crippen molar-refractivity contribution in [2.45, 2.75) is 13.5 Å². The Balaban J connectivity index is 2.18. The van der Waals surface area contributed by atoms with Crippen LogP contribution < -0.4 is 5.73 Å². The monoisotopic (exact) mass is 247 g/mol. The van der Waals surface area contributed by atoms with Crippen molar-refractivity contribution >= 4 is 11.8 Å². The Kier molecular flexibility index (Phi) is 3.52. The van der Waals surface area contributed by atoms with E-state index in [1.54, 1.807) is 23.8 Å². The molecule has 0 aromatic carbocycles. The van der Waals surface area contributed by atoms with Gasteiger partial charge < -0.3 is 15.0 Å². The Hall–Kier alpha value is -2.44. The minimum Gasteiger partial charge on any atom is -0.461 e. The highest BCUT2D eigenvalue weighted by atomic mass is 16.5. The summed E-state index contributed by atoms with van der Waals surface area (Å²) in [4.78, 5) is 15.5. The van der Waals surface area contributed by atoms with E-state index in [0.717, 1.165) is 5.69 Å². The SMILES string of the molecule is CCOC(=O)c1ncn(Cc2cccnn2)c1N. The van der Waals surface area contributed by atoms with Gasteiger partial charge in [-0.15, -0.1) is 0 Å². The van der Waals surface area contributed by atoms with Crippen molar-refractivity contribution < 1.29 is 9.53 Å². The Morgan fingerprint density at radius 3 is 3.06 bits per heavy atom. The summed E-state index contributed by atoms with van der Waals surface area (Å²) in [7, 11) is 0. The van der Waals surface area contributed by atoms with E-state index < -0.39 is 5.97 Å². The average molecular weight is 247 g/mol. The van der Waals surface area contributed by atoms with Crippen LogP contribution in [0.2, 0.25) is 0 Å². The Bertz CT molecular complexity index is 538. The molecule has 18 heavy (non-hydrogen) atoms. The number of aromatic nitrogens is 4. The zero-order chi connectivity index (χ0) is 13.0. The van der Waals surface area contributed by atoms with Crippen molar-refractivity contribution in [2.24, 2.45) is 0 Å². The van der Waals surface area contributed by atoms with Crippen molar-refractivity contribution in [3.63, 3.8) is 0 Å². The number of imidazole rings is 1. The zero-order valence-corrected chi connectivity index (χ0v) is 9.91. The van der Waals surface area contributed by atoms with E-state index in [2.05, 4.69) is 15.2 Å². The van der Waals surface area contributed by atoms with Crippen LogP contribution in [0.5, 0.6) is 0 Å². The molecule has 0 bridgehead atoms. The van der Waals surface area contributed by atoms with E-state index in [9.17, 15) is 4.79 Å². The molecule has 0 aliphatic carbocycles. The first-order chi connectivity index (χ1) is 8.72. The smallest absolute Gasteiger partial charge is 0.360 e. The molecular weight excluding hydrogens is 234 g/mol. The molecule has 2 aromatic heterocycles. The van der Waals surface area contributed by atoms with E-state index in [1.807, 2.05) is 6.07 Å². The van der Waals surface area contributed by atoms with Gasteiger partial charge in [0.1, 0.15) is 5.82 Å². The topological polar surface area (TPSA) is 95.9 Å². The highest BCUT2D eigenvalue weighted by Gasteiger charge is 2.16. The van der Waals surface area contributed by atoms with Crippen LogP contribution in [0.25, 0.3) is 0 Å². The maximum Gasteiger partial charge on any atom is 0.360 e. The molecule has 0 saturated heterocycles. The third-order valence-electron chi connectivity index (χ3n) is 2.31. The normalized spacial score (nSPS) is 10.3. The molecule has 7 nitrogen and oxygen atoms in total. The van der Waals surface area contributed by atoms with Crippen LogP contribution in [0.3, 0.4) is 0 Å². The lowest BCUT2D eigenvalue weighted by atomic mass is 10.4. The second-order valence-corrected chi connectivity index (χ2v) is 3.54. The number of hydrogen-bond acceptors (Lipinski definition) is 6. The molecule has 0 amide bonds. The molecule has 0 spiro atoms. The number of rotatable bonds is 4. The molecule has 0 unspecified atom stereocenters. The maximum absolute atomic E-state index is 11.5. The summed E-state index contributed by atoms with van der Waals surface area (Å²) in [5.74, 6) is -0.257. The third kappa shape index (κ3) is 2.45. The van der Waals surface area contributed by atoms with E-state index in [4.69, 9.17) is 10.5 Å². The van der Waals surface area contributed by atoms with E-state index >= 15 is 0 Å². The first kappa shape index (κ1) is 12.0. The third-order valence-corrected chi connectivity index (χ3v) is 2.31. The van der Waals surface area contributed by atoms with Gasteiger partial charge in [-0.3, -0.25) is 0 Å². The van der Waals surface area contributed by atoms with Gasteiger partial charge in [0, 0.05) is 6.20 Å². The molecule has 2 heterocycles. The molecule has 0 aliphatic heterocycles. The van der Waals surface area contributed by atoms with Crippen molar-refractivity contribution in [3.8, 4) is 0 Å². The fourth-order valence-electron chi connectivity index (χ4n) is 1.47. The highest BCUT2D eigenvalue weighted by molar-refractivity contribution is 5.92. The van der Waals surface area contributed by atoms with E-state index in [1.165, 1.54) is 6.33 Å². The highest BCUT2D eigenvalue weighted by Crippen LogP contribution is 2.12. The summed E-state index contributed by atoms with van der Waals surface area (Å²) in [6.07, 6.45) is 3.07. The molecule has 2 N–H and O–H groups in total. The van der Waals surface area contributed by atoms with Gasteiger partial charge in [-0.05, 0) is 19.1 Å². The molecule has 0 radical (unpaired) electrons. The number of nitrogens with two attached hydrogens (primary N) is 1. The van der Waals surface area contributed by atoms with Crippen molar-refractivity contribution in [1.82, 2.24) is 19.7 Å². The molecule has 0 atom stereocenters. The first-order valence-electron chi connectivity index (χ1n) is 5.46. The predicted octanol–water partition coefficient (Wildman–Crippen LogP) is 0.480. The van der Waals surface area contributed by atoms with Gasteiger partial charge in [0.05, 0.1) is 25.2 Å². The summed E-state index contributed by atoms with van der Waals surface area (Å²) in [5.41, 5.74) is 6.69. The average Bonchev–Trinajstić information content (AvgIpc) is 2.73. The summed E-state index contributed by atoms with van der Waals surface area (Å²) < 4.78 is 6.47. The lowest BCUT2D eigenvalue weighted by Crippen LogP contribution is -2.10. The molecule has 2 rings (SSSR count). The summed E-state index contributed by atoms with van der Waals surface area (Å²) in [6.45, 7) is 2.42. The number of nitrogen functional groups attached to an aromatic ring is 1. The van der Waals surface area contributed by atoms with Crippen molar-refractivity contribution in [1.29, 1.82) is 0 Å². The van der Waals surface area contributed by atoms with Gasteiger partial charge in [0.2, 0.25) is 0 Å². The number of ether oxygens (including phenoxy) is 1. The molecule has 7 heteroatoms. The van der Waals surface area contributed by atoms with Crippen LogP contribution in [0.1, 0.15) is 23.1 Å². The summed E-state index contributed by atoms with van der Waals surface area (Å²) in [6, 6.07) is 3.60. The summed E-state index contributed by atoms with van der Waals surface area (Å²) >= 11 is 0. The standard InChI is InChI=1S/C11H13N5O2/c1-2-18-11(17)9-10(12)16(7-13-9)6-8-4-3-5-14-15-8/h3-5,7H,2,6,12H2,1H3.